The Labute approximate surface area is 338 Å². The number of aromatic nitrogens is 4. The number of para-hydroxylation sites is 2. The van der Waals surface area contributed by atoms with Gasteiger partial charge in [-0.1, -0.05) is 158 Å². The van der Waals surface area contributed by atoms with E-state index < -0.39 is 24.2 Å². The van der Waals surface area contributed by atoms with Crippen LogP contribution in [0.5, 0.6) is 0 Å². The molecule has 5 heteroatoms. The van der Waals surface area contributed by atoms with E-state index in [0.717, 1.165) is 49.0 Å². The average Bonchev–Trinajstić information content (AvgIpc) is 3.91. The Bertz CT molecular complexity index is 3620. The summed E-state index contributed by atoms with van der Waals surface area (Å²) >= 11 is 1.72. The van der Waals surface area contributed by atoms with Gasteiger partial charge in [-0.25, -0.2) is 15.0 Å². The van der Waals surface area contributed by atoms with Gasteiger partial charge in [0, 0.05) is 53.3 Å². The van der Waals surface area contributed by atoms with Crippen LogP contribution in [-0.2, 0) is 0 Å². The predicted molar refractivity (Wildman–Crippen MR) is 234 cm³/mol. The maximum Gasteiger partial charge on any atom is 0.165 e. The minimum Gasteiger partial charge on any atom is -0.309 e. The van der Waals surface area contributed by atoms with E-state index in [1.54, 1.807) is 23.5 Å². The molecule has 56 heavy (non-hydrogen) atoms. The van der Waals surface area contributed by atoms with Gasteiger partial charge in [-0.3, -0.25) is 0 Å². The molecule has 11 aromatic rings. The molecule has 3 heterocycles. The quantitative estimate of drug-likeness (QED) is 0.170. The molecule has 0 saturated carbocycles. The minimum atomic E-state index is -0.474. The normalized spacial score (nSPS) is 13.6. The highest BCUT2D eigenvalue weighted by molar-refractivity contribution is 7.26. The Morgan fingerprint density at radius 1 is 0.393 bits per heavy atom. The van der Waals surface area contributed by atoms with Gasteiger partial charge in [0.2, 0.25) is 0 Å². The van der Waals surface area contributed by atoms with Crippen molar-refractivity contribution in [3.05, 3.63) is 194 Å². The number of nitrogens with zero attached hydrogens (tertiary/aromatic N) is 4. The number of thiophene rings is 1. The van der Waals surface area contributed by atoms with E-state index >= 15 is 0 Å². The number of hydrogen-bond acceptors (Lipinski definition) is 4. The fraction of sp³-hybridized carbons (Fsp3) is 0. The second-order valence-electron chi connectivity index (χ2n) is 13.4. The molecule has 3 aromatic heterocycles. The lowest BCUT2D eigenvalue weighted by atomic mass is 9.99. The summed E-state index contributed by atoms with van der Waals surface area (Å²) in [6.45, 7) is 0. The maximum absolute atomic E-state index is 8.86. The van der Waals surface area contributed by atoms with Crippen LogP contribution in [0.3, 0.4) is 0 Å². The van der Waals surface area contributed by atoms with Crippen LogP contribution in [0.1, 0.15) is 11.0 Å². The predicted octanol–water partition coefficient (Wildman–Crippen LogP) is 13.7. The van der Waals surface area contributed by atoms with Crippen molar-refractivity contribution in [3.8, 4) is 62.1 Å². The van der Waals surface area contributed by atoms with Crippen LogP contribution in [-0.4, -0.2) is 19.5 Å². The van der Waals surface area contributed by atoms with E-state index in [1.165, 1.54) is 14.7 Å². The maximum atomic E-state index is 8.86. The molecule has 0 saturated heterocycles. The highest BCUT2D eigenvalue weighted by Crippen LogP contribution is 2.40. The van der Waals surface area contributed by atoms with Gasteiger partial charge in [0.05, 0.1) is 22.0 Å². The fourth-order valence-corrected chi connectivity index (χ4v) is 8.72. The Balaban J connectivity index is 1.03. The molecule has 0 aliphatic heterocycles. The van der Waals surface area contributed by atoms with Crippen molar-refractivity contribution in [2.24, 2.45) is 0 Å². The largest absolute Gasteiger partial charge is 0.309 e. The molecular formula is C51H32N4S. The first-order valence-electron chi connectivity index (χ1n) is 22.1. The standard InChI is InChI=1S/C51H32N4S/c1-2-13-35(14-3-1)38-15-4-5-19-43(38)50-52-49(53-51(54-50)44-21-12-20-42-41-18-8-11-24-47(41)56-48(42)44)36-27-25-33(26-28-36)34-29-31-37(32-30-34)55-45-22-9-6-16-39(45)40-17-7-10-23-46(40)55/h1-32H/i6D,7D,9D,10D,16D,17D,22D,23D. The molecule has 0 unspecified atom stereocenters. The van der Waals surface area contributed by atoms with Gasteiger partial charge in [-0.05, 0) is 58.6 Å². The van der Waals surface area contributed by atoms with Crippen molar-refractivity contribution < 1.29 is 11.0 Å². The zero-order valence-corrected chi connectivity index (χ0v) is 30.4. The van der Waals surface area contributed by atoms with Crippen LogP contribution in [0.4, 0.5) is 0 Å². The highest BCUT2D eigenvalue weighted by Gasteiger charge is 2.19. The summed E-state index contributed by atoms with van der Waals surface area (Å²) in [4.78, 5) is 15.4. The molecule has 8 aromatic carbocycles. The van der Waals surface area contributed by atoms with Crippen molar-refractivity contribution in [3.63, 3.8) is 0 Å². The van der Waals surface area contributed by atoms with Crippen molar-refractivity contribution in [1.82, 2.24) is 19.5 Å². The van der Waals surface area contributed by atoms with E-state index in [9.17, 15) is 0 Å². The summed E-state index contributed by atoms with van der Waals surface area (Å²) in [5, 5.41) is 2.42. The first-order valence-corrected chi connectivity index (χ1v) is 18.9. The lowest BCUT2D eigenvalue weighted by molar-refractivity contribution is 1.08. The average molecular weight is 741 g/mol. The Hall–Kier alpha value is -7.21. The van der Waals surface area contributed by atoms with Crippen molar-refractivity contribution in [2.75, 3.05) is 0 Å². The van der Waals surface area contributed by atoms with E-state index in [-0.39, 0.29) is 46.0 Å². The van der Waals surface area contributed by atoms with Crippen molar-refractivity contribution in [1.29, 1.82) is 0 Å². The molecule has 0 aliphatic rings. The highest BCUT2D eigenvalue weighted by atomic mass is 32.1. The van der Waals surface area contributed by atoms with Crippen LogP contribution in [0.2, 0.25) is 0 Å². The summed E-state index contributed by atoms with van der Waals surface area (Å²) in [6.07, 6.45) is 0. The SMILES string of the molecule is [2H]c1c([2H])c([2H])c2c(c1[2H])c1c([2H])c([2H])c([2H])c([2H])c1n2-c1ccc(-c2ccc(-c3nc(-c4ccccc4-c4ccccc4)nc(-c4cccc5c4sc4ccccc45)n3)cc2)cc1. The zero-order valence-electron chi connectivity index (χ0n) is 37.6. The molecule has 0 aliphatic carbocycles. The van der Waals surface area contributed by atoms with Crippen LogP contribution < -0.4 is 0 Å². The third-order valence-corrected chi connectivity index (χ3v) is 11.4. The van der Waals surface area contributed by atoms with Gasteiger partial charge in [-0.2, -0.15) is 0 Å². The first-order chi connectivity index (χ1) is 31.1. The van der Waals surface area contributed by atoms with Gasteiger partial charge in [-0.15, -0.1) is 11.3 Å². The minimum absolute atomic E-state index is 0.0429. The molecule has 0 atom stereocenters. The van der Waals surface area contributed by atoms with Crippen molar-refractivity contribution >= 4 is 53.3 Å². The first kappa shape index (κ1) is 25.0. The van der Waals surface area contributed by atoms with Crippen molar-refractivity contribution in [2.45, 2.75) is 0 Å². The molecule has 0 N–H and O–H groups in total. The molecule has 0 radical (unpaired) electrons. The van der Waals surface area contributed by atoms with Gasteiger partial charge >= 0.3 is 0 Å². The molecule has 262 valence electrons. The third kappa shape index (κ3) is 5.40. The summed E-state index contributed by atoms with van der Waals surface area (Å²) in [6, 6.07) is 45.0. The Morgan fingerprint density at radius 3 is 1.66 bits per heavy atom. The van der Waals surface area contributed by atoms with Crippen LogP contribution in [0, 0.1) is 0 Å². The topological polar surface area (TPSA) is 43.6 Å². The molecule has 0 spiro atoms. The van der Waals surface area contributed by atoms with E-state index in [2.05, 4.69) is 60.7 Å². The molecule has 0 amide bonds. The van der Waals surface area contributed by atoms with Crippen LogP contribution >= 0.6 is 11.3 Å². The van der Waals surface area contributed by atoms with Crippen LogP contribution in [0.25, 0.3) is 104 Å². The Kier molecular flexibility index (Phi) is 5.92. The number of rotatable bonds is 6. The number of hydrogen-bond donors (Lipinski definition) is 0. The van der Waals surface area contributed by atoms with E-state index in [4.69, 9.17) is 25.9 Å². The zero-order chi connectivity index (χ0) is 44.0. The fourth-order valence-electron chi connectivity index (χ4n) is 7.51. The second-order valence-corrected chi connectivity index (χ2v) is 14.5. The summed E-state index contributed by atoms with van der Waals surface area (Å²) in [7, 11) is 0. The van der Waals surface area contributed by atoms with E-state index in [1.807, 2.05) is 72.8 Å². The smallest absolute Gasteiger partial charge is 0.165 e. The third-order valence-electron chi connectivity index (χ3n) is 10.2. The summed E-state index contributed by atoms with van der Waals surface area (Å²) < 4.78 is 72.6. The van der Waals surface area contributed by atoms with Gasteiger partial charge in [0.15, 0.2) is 17.5 Å². The van der Waals surface area contributed by atoms with Crippen LogP contribution in [0.15, 0.2) is 194 Å². The Morgan fingerprint density at radius 2 is 0.929 bits per heavy atom. The lowest BCUT2D eigenvalue weighted by Crippen LogP contribution is -2.01. The number of fused-ring (bicyclic) bond motifs is 6. The molecule has 11 rings (SSSR count). The second kappa shape index (κ2) is 13.3. The van der Waals surface area contributed by atoms with Gasteiger partial charge < -0.3 is 4.57 Å². The van der Waals surface area contributed by atoms with Gasteiger partial charge in [0.25, 0.3) is 0 Å². The molecule has 0 fully saturated rings. The lowest BCUT2D eigenvalue weighted by Gasteiger charge is -2.13. The summed E-state index contributed by atoms with van der Waals surface area (Å²) in [5.41, 5.74) is 7.03. The molecule has 0 bridgehead atoms. The van der Waals surface area contributed by atoms with E-state index in [0.29, 0.717) is 23.2 Å². The van der Waals surface area contributed by atoms with Gasteiger partial charge in [0.1, 0.15) is 0 Å². The molecule has 4 nitrogen and oxygen atoms in total. The molecular weight excluding hydrogens is 701 g/mol. The monoisotopic (exact) mass is 740 g/mol. The summed E-state index contributed by atoms with van der Waals surface area (Å²) in [5.74, 6) is 1.64. The number of benzene rings is 8.